The fourth-order valence-corrected chi connectivity index (χ4v) is 3.92. The van der Waals surface area contributed by atoms with Crippen molar-refractivity contribution in [1.29, 1.82) is 0 Å². The van der Waals surface area contributed by atoms with Crippen molar-refractivity contribution in [3.8, 4) is 11.4 Å². The number of imidazole rings is 1. The molecule has 0 bridgehead atoms. The highest BCUT2D eigenvalue weighted by Gasteiger charge is 2.13. The van der Waals surface area contributed by atoms with Crippen LogP contribution in [0.15, 0.2) is 77.6 Å². The fraction of sp³-hybridized carbons (Fsp3) is 0.120. The maximum atomic E-state index is 12.8. The Morgan fingerprint density at radius 1 is 0.906 bits per heavy atom. The van der Waals surface area contributed by atoms with E-state index in [4.69, 9.17) is 4.98 Å². The number of carbonyl (C=O) groups excluding carboxylic acids is 1. The average Bonchev–Trinajstić information content (AvgIpc) is 3.14. The molecule has 7 nitrogen and oxygen atoms in total. The van der Waals surface area contributed by atoms with E-state index in [-0.39, 0.29) is 18.0 Å². The summed E-state index contributed by atoms with van der Waals surface area (Å²) in [6, 6.07) is 22.6. The van der Waals surface area contributed by atoms with Gasteiger partial charge in [-0.15, -0.1) is 0 Å². The molecule has 0 aliphatic rings. The molecule has 5 aromatic rings. The number of rotatable bonds is 4. The zero-order chi connectivity index (χ0) is 22.2. The average molecular weight is 423 g/mol. The lowest BCUT2D eigenvalue weighted by atomic mass is 10.2. The topological polar surface area (TPSA) is 81.8 Å². The number of benzene rings is 3. The third-order valence-electron chi connectivity index (χ3n) is 5.57. The summed E-state index contributed by atoms with van der Waals surface area (Å²) in [6.07, 6.45) is 0. The number of fused-ring (bicyclic) bond motifs is 2. The van der Waals surface area contributed by atoms with Gasteiger partial charge in [0.05, 0.1) is 21.9 Å². The molecular weight excluding hydrogens is 402 g/mol. The van der Waals surface area contributed by atoms with Gasteiger partial charge in [0.15, 0.2) is 0 Å². The monoisotopic (exact) mass is 423 g/mol. The molecule has 2 aromatic heterocycles. The van der Waals surface area contributed by atoms with E-state index in [0.717, 1.165) is 22.4 Å². The van der Waals surface area contributed by atoms with Crippen LogP contribution < -0.4 is 10.9 Å². The van der Waals surface area contributed by atoms with Gasteiger partial charge in [0.25, 0.3) is 5.56 Å². The molecular formula is C25H21N5O2. The van der Waals surface area contributed by atoms with E-state index in [1.807, 2.05) is 66.2 Å². The molecule has 0 atom stereocenters. The van der Waals surface area contributed by atoms with E-state index in [9.17, 15) is 9.59 Å². The Labute approximate surface area is 184 Å². The van der Waals surface area contributed by atoms with Crippen LogP contribution in [-0.2, 0) is 18.4 Å². The quantitative estimate of drug-likeness (QED) is 0.475. The molecule has 0 radical (unpaired) electrons. The molecule has 0 spiro atoms. The SMILES string of the molecule is Cc1nc2ccccc2c(=O)n1CC(=O)Nc1ccc(-c2nc3ccccc3n2C)cc1. The van der Waals surface area contributed by atoms with Gasteiger partial charge in [0, 0.05) is 18.3 Å². The molecule has 0 unspecified atom stereocenters. The third kappa shape index (κ3) is 3.43. The predicted octanol–water partition coefficient (Wildman–Crippen LogP) is 3.90. The highest BCUT2D eigenvalue weighted by molar-refractivity contribution is 5.91. The van der Waals surface area contributed by atoms with E-state index in [0.29, 0.717) is 22.4 Å². The van der Waals surface area contributed by atoms with Crippen molar-refractivity contribution in [2.45, 2.75) is 13.5 Å². The minimum atomic E-state index is -0.289. The lowest BCUT2D eigenvalue weighted by Crippen LogP contribution is -2.30. The lowest BCUT2D eigenvalue weighted by Gasteiger charge is -2.11. The number of amides is 1. The Hall–Kier alpha value is -4.26. The van der Waals surface area contributed by atoms with Gasteiger partial charge in [-0.05, 0) is 55.5 Å². The first-order chi connectivity index (χ1) is 15.5. The molecule has 0 aliphatic heterocycles. The number of carbonyl (C=O) groups is 1. The molecule has 0 fully saturated rings. The second-order valence-electron chi connectivity index (χ2n) is 7.68. The Kier molecular flexibility index (Phi) is 4.78. The van der Waals surface area contributed by atoms with E-state index < -0.39 is 0 Å². The van der Waals surface area contributed by atoms with Crippen LogP contribution in [0.25, 0.3) is 33.3 Å². The van der Waals surface area contributed by atoms with Gasteiger partial charge >= 0.3 is 0 Å². The first-order valence-electron chi connectivity index (χ1n) is 10.3. The Balaban J connectivity index is 1.36. The van der Waals surface area contributed by atoms with E-state index in [1.165, 1.54) is 4.57 Å². The molecule has 1 N–H and O–H groups in total. The summed E-state index contributed by atoms with van der Waals surface area (Å²) in [6.45, 7) is 1.63. The van der Waals surface area contributed by atoms with Gasteiger partial charge in [-0.2, -0.15) is 0 Å². The maximum absolute atomic E-state index is 12.8. The summed E-state index contributed by atoms with van der Waals surface area (Å²) in [5.74, 6) is 1.07. The van der Waals surface area contributed by atoms with Crippen molar-refractivity contribution in [2.75, 3.05) is 5.32 Å². The van der Waals surface area contributed by atoms with Crippen LogP contribution in [0, 0.1) is 6.92 Å². The molecule has 5 rings (SSSR count). The second kappa shape index (κ2) is 7.77. The molecule has 158 valence electrons. The predicted molar refractivity (Wildman–Crippen MR) is 126 cm³/mol. The lowest BCUT2D eigenvalue weighted by molar-refractivity contribution is -0.116. The smallest absolute Gasteiger partial charge is 0.261 e. The minimum absolute atomic E-state index is 0.102. The Bertz CT molecular complexity index is 1530. The van der Waals surface area contributed by atoms with E-state index in [1.54, 1.807) is 25.1 Å². The molecule has 7 heteroatoms. The summed E-state index contributed by atoms with van der Waals surface area (Å²) < 4.78 is 3.44. The standard InChI is InChI=1S/C25H21N5O2/c1-16-26-20-8-4-3-7-19(20)25(32)30(16)15-23(31)27-18-13-11-17(12-14-18)24-28-21-9-5-6-10-22(21)29(24)2/h3-14H,15H2,1-2H3,(H,27,31). The van der Waals surface area contributed by atoms with Crippen LogP contribution in [-0.4, -0.2) is 25.0 Å². The van der Waals surface area contributed by atoms with Gasteiger partial charge in [-0.25, -0.2) is 9.97 Å². The molecule has 32 heavy (non-hydrogen) atoms. The molecule has 1 amide bonds. The highest BCUT2D eigenvalue weighted by Crippen LogP contribution is 2.24. The van der Waals surface area contributed by atoms with Gasteiger partial charge in [0.2, 0.25) is 5.91 Å². The van der Waals surface area contributed by atoms with Crippen LogP contribution in [0.5, 0.6) is 0 Å². The van der Waals surface area contributed by atoms with Crippen molar-refractivity contribution in [3.05, 3.63) is 89.0 Å². The van der Waals surface area contributed by atoms with Gasteiger partial charge in [-0.1, -0.05) is 24.3 Å². The zero-order valence-corrected chi connectivity index (χ0v) is 17.7. The summed E-state index contributed by atoms with van der Waals surface area (Å²) in [7, 11) is 1.98. The number of hydrogen-bond donors (Lipinski definition) is 1. The van der Waals surface area contributed by atoms with Crippen molar-refractivity contribution < 1.29 is 4.79 Å². The summed E-state index contributed by atoms with van der Waals surface area (Å²) in [4.78, 5) is 34.6. The Morgan fingerprint density at radius 2 is 1.59 bits per heavy atom. The van der Waals surface area contributed by atoms with Crippen LogP contribution >= 0.6 is 0 Å². The number of nitrogens with zero attached hydrogens (tertiary/aromatic N) is 4. The summed E-state index contributed by atoms with van der Waals surface area (Å²) >= 11 is 0. The number of aromatic nitrogens is 4. The number of para-hydroxylation sites is 3. The van der Waals surface area contributed by atoms with Crippen molar-refractivity contribution >= 4 is 33.5 Å². The van der Waals surface area contributed by atoms with Crippen LogP contribution in [0.1, 0.15) is 5.82 Å². The third-order valence-corrected chi connectivity index (χ3v) is 5.57. The molecule has 0 saturated carbocycles. The number of nitrogens with one attached hydrogen (secondary N) is 1. The number of hydrogen-bond acceptors (Lipinski definition) is 4. The molecule has 2 heterocycles. The van der Waals surface area contributed by atoms with E-state index >= 15 is 0 Å². The summed E-state index contributed by atoms with van der Waals surface area (Å²) in [5.41, 5.74) is 4.01. The van der Waals surface area contributed by atoms with Gasteiger partial charge < -0.3 is 9.88 Å². The van der Waals surface area contributed by atoms with Crippen molar-refractivity contribution in [3.63, 3.8) is 0 Å². The molecule has 0 saturated heterocycles. The van der Waals surface area contributed by atoms with Crippen LogP contribution in [0.3, 0.4) is 0 Å². The molecule has 0 aliphatic carbocycles. The van der Waals surface area contributed by atoms with Crippen molar-refractivity contribution in [1.82, 2.24) is 19.1 Å². The Morgan fingerprint density at radius 3 is 2.34 bits per heavy atom. The van der Waals surface area contributed by atoms with Crippen LogP contribution in [0.2, 0.25) is 0 Å². The van der Waals surface area contributed by atoms with Gasteiger partial charge in [-0.3, -0.25) is 14.2 Å². The van der Waals surface area contributed by atoms with Gasteiger partial charge in [0.1, 0.15) is 18.2 Å². The molecule has 3 aromatic carbocycles. The number of aryl methyl sites for hydroxylation is 2. The minimum Gasteiger partial charge on any atom is -0.327 e. The normalized spacial score (nSPS) is 11.2. The largest absolute Gasteiger partial charge is 0.327 e. The van der Waals surface area contributed by atoms with E-state index in [2.05, 4.69) is 10.3 Å². The first kappa shape index (κ1) is 19.7. The highest BCUT2D eigenvalue weighted by atomic mass is 16.2. The van der Waals surface area contributed by atoms with Crippen molar-refractivity contribution in [2.24, 2.45) is 7.05 Å². The zero-order valence-electron chi connectivity index (χ0n) is 17.7. The fourth-order valence-electron chi connectivity index (χ4n) is 3.92. The van der Waals surface area contributed by atoms with Crippen LogP contribution in [0.4, 0.5) is 5.69 Å². The number of anilines is 1. The summed E-state index contributed by atoms with van der Waals surface area (Å²) in [5, 5.41) is 3.36. The first-order valence-corrected chi connectivity index (χ1v) is 10.3. The second-order valence-corrected chi connectivity index (χ2v) is 7.68. The maximum Gasteiger partial charge on any atom is 0.261 e.